The minimum atomic E-state index is -0.994. The van der Waals surface area contributed by atoms with Gasteiger partial charge in [-0.05, 0) is 32.9 Å². The second kappa shape index (κ2) is 9.75. The Balaban J connectivity index is 1.83. The van der Waals surface area contributed by atoms with Crippen LogP contribution in [0.25, 0.3) is 0 Å². The number of nitrogens with one attached hydrogen (secondary N) is 1. The van der Waals surface area contributed by atoms with Gasteiger partial charge in [-0.3, -0.25) is 19.4 Å². The molecule has 0 aromatic heterocycles. The van der Waals surface area contributed by atoms with Crippen LogP contribution in [0.2, 0.25) is 0 Å². The van der Waals surface area contributed by atoms with Gasteiger partial charge in [0.2, 0.25) is 11.8 Å². The second-order valence-corrected chi connectivity index (χ2v) is 6.67. The van der Waals surface area contributed by atoms with Crippen LogP contribution in [0.5, 0.6) is 0 Å². The first-order chi connectivity index (χ1) is 12.8. The molecular weight excluding hydrogens is 354 g/mol. The first kappa shape index (κ1) is 21.2. The van der Waals surface area contributed by atoms with Gasteiger partial charge in [-0.25, -0.2) is 8.78 Å². The molecule has 1 fully saturated rings. The zero-order valence-electron chi connectivity index (χ0n) is 16.2. The van der Waals surface area contributed by atoms with Gasteiger partial charge in [0.05, 0.1) is 12.6 Å². The highest BCUT2D eigenvalue weighted by Crippen LogP contribution is 2.15. The first-order valence-electron chi connectivity index (χ1n) is 9.35. The quantitative estimate of drug-likeness (QED) is 0.781. The average molecular weight is 382 g/mol. The summed E-state index contributed by atoms with van der Waals surface area (Å²) >= 11 is 0. The molecule has 1 aromatic rings. The second-order valence-electron chi connectivity index (χ2n) is 6.67. The maximum atomic E-state index is 13.3. The Kier molecular flexibility index (Phi) is 7.67. The van der Waals surface area contributed by atoms with Gasteiger partial charge >= 0.3 is 0 Å². The Labute approximate surface area is 159 Å². The van der Waals surface area contributed by atoms with Crippen LogP contribution in [-0.2, 0) is 9.59 Å². The Morgan fingerprint density at radius 3 is 2.30 bits per heavy atom. The number of halogens is 2. The summed E-state index contributed by atoms with van der Waals surface area (Å²) in [6, 6.07) is 2.89. The van der Waals surface area contributed by atoms with Crippen molar-refractivity contribution in [2.75, 3.05) is 51.1 Å². The summed E-state index contributed by atoms with van der Waals surface area (Å²) in [7, 11) is 0. The van der Waals surface area contributed by atoms with E-state index in [1.807, 2.05) is 23.6 Å². The molecule has 2 rings (SSSR count). The normalized spacial score (nSPS) is 16.8. The number of hydrogen-bond donors (Lipinski definition) is 1. The van der Waals surface area contributed by atoms with Crippen molar-refractivity contribution in [1.29, 1.82) is 0 Å². The fourth-order valence-corrected chi connectivity index (χ4v) is 3.16. The lowest BCUT2D eigenvalue weighted by Crippen LogP contribution is -2.54. The lowest BCUT2D eigenvalue weighted by atomic mass is 10.2. The molecule has 0 radical (unpaired) electrons. The summed E-state index contributed by atoms with van der Waals surface area (Å²) in [5.41, 5.74) is 0.231. The molecule has 27 heavy (non-hydrogen) atoms. The summed E-state index contributed by atoms with van der Waals surface area (Å²) < 4.78 is 26.2. The van der Waals surface area contributed by atoms with Crippen LogP contribution in [0.4, 0.5) is 14.5 Å². The number of nitrogens with zero attached hydrogens (tertiary/aromatic N) is 3. The molecule has 0 spiro atoms. The lowest BCUT2D eigenvalue weighted by molar-refractivity contribution is -0.133. The molecule has 150 valence electrons. The van der Waals surface area contributed by atoms with E-state index < -0.39 is 17.7 Å². The maximum Gasteiger partial charge on any atom is 0.241 e. The molecule has 1 aliphatic rings. The predicted molar refractivity (Wildman–Crippen MR) is 100 cm³/mol. The minimum absolute atomic E-state index is 0.123. The van der Waals surface area contributed by atoms with Gasteiger partial charge in [-0.2, -0.15) is 0 Å². The maximum absolute atomic E-state index is 13.3. The van der Waals surface area contributed by atoms with Gasteiger partial charge in [0, 0.05) is 51.0 Å². The molecule has 1 atom stereocenters. The molecule has 8 heteroatoms. The number of rotatable bonds is 7. The van der Waals surface area contributed by atoms with E-state index in [2.05, 4.69) is 10.2 Å². The van der Waals surface area contributed by atoms with E-state index in [1.54, 1.807) is 6.92 Å². The average Bonchev–Trinajstić information content (AvgIpc) is 2.65. The van der Waals surface area contributed by atoms with Crippen molar-refractivity contribution in [3.63, 3.8) is 0 Å². The summed E-state index contributed by atoms with van der Waals surface area (Å²) in [6.45, 7) is 10.3. The van der Waals surface area contributed by atoms with Crippen molar-refractivity contribution in [3.8, 4) is 0 Å². The van der Waals surface area contributed by atoms with Crippen molar-refractivity contribution in [3.05, 3.63) is 29.8 Å². The number of carbonyl (C=O) groups is 2. The standard InChI is InChI=1S/C19H28F2N4O2/c1-4-24(5-2)18(26)13-23-8-10-25(11-9-23)14(3)19(27)22-15-6-7-16(20)17(21)12-15/h6-7,12,14H,4-5,8-11,13H2,1-3H3,(H,22,27). The summed E-state index contributed by atoms with van der Waals surface area (Å²) in [4.78, 5) is 30.5. The Morgan fingerprint density at radius 2 is 1.74 bits per heavy atom. The Bertz CT molecular complexity index is 659. The summed E-state index contributed by atoms with van der Waals surface area (Å²) in [6.07, 6.45) is 0. The summed E-state index contributed by atoms with van der Waals surface area (Å²) in [5, 5.41) is 2.62. The van der Waals surface area contributed by atoms with E-state index in [0.717, 1.165) is 12.1 Å². The van der Waals surface area contributed by atoms with Crippen molar-refractivity contribution in [2.45, 2.75) is 26.8 Å². The zero-order chi connectivity index (χ0) is 20.0. The Morgan fingerprint density at radius 1 is 1.11 bits per heavy atom. The molecule has 1 aliphatic heterocycles. The van der Waals surface area contributed by atoms with Gasteiger partial charge in [0.1, 0.15) is 0 Å². The van der Waals surface area contributed by atoms with Crippen LogP contribution in [0.3, 0.4) is 0 Å². The summed E-state index contributed by atoms with van der Waals surface area (Å²) in [5.74, 6) is -2.09. The monoisotopic (exact) mass is 382 g/mol. The smallest absolute Gasteiger partial charge is 0.241 e. The molecule has 0 aliphatic carbocycles. The van der Waals surface area contributed by atoms with Crippen LogP contribution < -0.4 is 5.32 Å². The SMILES string of the molecule is CCN(CC)C(=O)CN1CCN(C(C)C(=O)Nc2ccc(F)c(F)c2)CC1. The van der Waals surface area contributed by atoms with E-state index in [-0.39, 0.29) is 17.5 Å². The third-order valence-corrected chi connectivity index (χ3v) is 5.00. The highest BCUT2D eigenvalue weighted by atomic mass is 19.2. The largest absolute Gasteiger partial charge is 0.342 e. The Hall–Kier alpha value is -2.06. The highest BCUT2D eigenvalue weighted by molar-refractivity contribution is 5.94. The van der Waals surface area contributed by atoms with Crippen LogP contribution in [0.1, 0.15) is 20.8 Å². The van der Waals surface area contributed by atoms with E-state index in [4.69, 9.17) is 0 Å². The number of likely N-dealkylation sites (N-methyl/N-ethyl adjacent to an activating group) is 1. The zero-order valence-corrected chi connectivity index (χ0v) is 16.2. The predicted octanol–water partition coefficient (Wildman–Crippen LogP) is 1.78. The molecule has 0 bridgehead atoms. The van der Waals surface area contributed by atoms with Gasteiger partial charge in [0.25, 0.3) is 0 Å². The topological polar surface area (TPSA) is 55.9 Å². The molecule has 1 aromatic carbocycles. The molecule has 0 saturated carbocycles. The minimum Gasteiger partial charge on any atom is -0.342 e. The number of hydrogen-bond acceptors (Lipinski definition) is 4. The fraction of sp³-hybridized carbons (Fsp3) is 0.579. The number of benzene rings is 1. The van der Waals surface area contributed by atoms with Crippen LogP contribution >= 0.6 is 0 Å². The third-order valence-electron chi connectivity index (χ3n) is 5.00. The van der Waals surface area contributed by atoms with Gasteiger partial charge in [-0.15, -0.1) is 0 Å². The van der Waals surface area contributed by atoms with Crippen molar-refractivity contribution in [2.24, 2.45) is 0 Å². The number of piperazine rings is 1. The van der Waals surface area contributed by atoms with Gasteiger partial charge in [0.15, 0.2) is 11.6 Å². The molecule has 6 nitrogen and oxygen atoms in total. The number of carbonyl (C=O) groups excluding carboxylic acids is 2. The number of amides is 2. The van der Waals surface area contributed by atoms with Crippen molar-refractivity contribution >= 4 is 17.5 Å². The van der Waals surface area contributed by atoms with Crippen LogP contribution in [0, 0.1) is 11.6 Å². The lowest BCUT2D eigenvalue weighted by Gasteiger charge is -2.37. The van der Waals surface area contributed by atoms with Crippen LogP contribution in [-0.4, -0.2) is 78.4 Å². The molecule has 1 saturated heterocycles. The van der Waals surface area contributed by atoms with Crippen molar-refractivity contribution < 1.29 is 18.4 Å². The molecule has 1 heterocycles. The van der Waals surface area contributed by atoms with E-state index in [1.165, 1.54) is 6.07 Å². The highest BCUT2D eigenvalue weighted by Gasteiger charge is 2.27. The molecule has 1 unspecified atom stereocenters. The van der Waals surface area contributed by atoms with E-state index in [0.29, 0.717) is 45.8 Å². The van der Waals surface area contributed by atoms with Gasteiger partial charge in [-0.1, -0.05) is 0 Å². The van der Waals surface area contributed by atoms with Crippen molar-refractivity contribution in [1.82, 2.24) is 14.7 Å². The molecule has 2 amide bonds. The first-order valence-corrected chi connectivity index (χ1v) is 9.35. The fourth-order valence-electron chi connectivity index (χ4n) is 3.16. The van der Waals surface area contributed by atoms with E-state index >= 15 is 0 Å². The van der Waals surface area contributed by atoms with Crippen LogP contribution in [0.15, 0.2) is 18.2 Å². The molecular formula is C19H28F2N4O2. The third kappa shape index (κ3) is 5.71. The molecule has 1 N–H and O–H groups in total. The van der Waals surface area contributed by atoms with Gasteiger partial charge < -0.3 is 10.2 Å². The number of anilines is 1. The van der Waals surface area contributed by atoms with E-state index in [9.17, 15) is 18.4 Å².